The highest BCUT2D eigenvalue weighted by molar-refractivity contribution is 5.98. The van der Waals surface area contributed by atoms with Crippen molar-refractivity contribution in [1.82, 2.24) is 19.7 Å². The van der Waals surface area contributed by atoms with Gasteiger partial charge in [-0.25, -0.2) is 18.9 Å². The molecule has 1 aliphatic carbocycles. The smallest absolute Gasteiger partial charge is 0.354 e. The van der Waals surface area contributed by atoms with Gasteiger partial charge in [0.15, 0.2) is 11.3 Å². The molecule has 5 rings (SSSR count). The van der Waals surface area contributed by atoms with Crippen molar-refractivity contribution in [3.8, 4) is 5.69 Å². The van der Waals surface area contributed by atoms with Gasteiger partial charge in [-0.15, -0.1) is 0 Å². The maximum absolute atomic E-state index is 13.6. The minimum Gasteiger partial charge on any atom is -0.477 e. The molecule has 2 aliphatic rings. The molecule has 35 heavy (non-hydrogen) atoms. The second-order valence-corrected chi connectivity index (χ2v) is 9.62. The number of ether oxygens (including phenoxy) is 1. The number of halogens is 1. The van der Waals surface area contributed by atoms with E-state index in [1.165, 1.54) is 12.1 Å². The number of nitrogens with zero attached hydrogens (tertiary/aromatic N) is 5. The number of carbonyl (C=O) groups is 1. The van der Waals surface area contributed by atoms with E-state index in [0.717, 1.165) is 68.5 Å². The summed E-state index contributed by atoms with van der Waals surface area (Å²) in [5.74, 6) is -1.07. The van der Waals surface area contributed by atoms with Crippen LogP contribution >= 0.6 is 0 Å². The summed E-state index contributed by atoms with van der Waals surface area (Å²) in [6.45, 7) is 3.25. The Hall–Kier alpha value is -3.04. The molecule has 2 aromatic heterocycles. The second kappa shape index (κ2) is 9.91. The maximum atomic E-state index is 13.6. The first-order valence-electron chi connectivity index (χ1n) is 12.3. The SMILES string of the molecule is COCCN(C)C1CCN(c2cc(C(=O)O)nc3c2c(C2CCC2)nn3-c2ccc(F)cc2)CC1. The van der Waals surface area contributed by atoms with Crippen LogP contribution in [0.3, 0.4) is 0 Å². The van der Waals surface area contributed by atoms with E-state index in [1.54, 1.807) is 30.0 Å². The van der Waals surface area contributed by atoms with Crippen LogP contribution in [0, 0.1) is 5.82 Å². The van der Waals surface area contributed by atoms with E-state index in [-0.39, 0.29) is 11.5 Å². The topological polar surface area (TPSA) is 83.7 Å². The van der Waals surface area contributed by atoms with Gasteiger partial charge in [0.05, 0.1) is 29.1 Å². The van der Waals surface area contributed by atoms with Crippen LogP contribution in [-0.2, 0) is 4.74 Å². The molecule has 2 fully saturated rings. The molecule has 0 atom stereocenters. The highest BCUT2D eigenvalue weighted by Crippen LogP contribution is 2.43. The number of pyridine rings is 1. The fourth-order valence-corrected chi connectivity index (χ4v) is 5.18. The van der Waals surface area contributed by atoms with Crippen molar-refractivity contribution in [2.45, 2.75) is 44.1 Å². The quantitative estimate of drug-likeness (QED) is 0.519. The van der Waals surface area contributed by atoms with Crippen LogP contribution in [0.15, 0.2) is 30.3 Å². The second-order valence-electron chi connectivity index (χ2n) is 9.62. The molecule has 1 N–H and O–H groups in total. The summed E-state index contributed by atoms with van der Waals surface area (Å²) < 4.78 is 20.5. The average molecular weight is 482 g/mol. The van der Waals surface area contributed by atoms with Crippen molar-refractivity contribution in [2.24, 2.45) is 0 Å². The molecule has 1 aromatic carbocycles. The highest BCUT2D eigenvalue weighted by Gasteiger charge is 2.32. The fraction of sp³-hybridized carbons (Fsp3) is 0.500. The number of hydrogen-bond donors (Lipinski definition) is 1. The Morgan fingerprint density at radius 1 is 1.20 bits per heavy atom. The largest absolute Gasteiger partial charge is 0.477 e. The number of piperidine rings is 1. The molecule has 3 aromatic rings. The van der Waals surface area contributed by atoms with Crippen molar-refractivity contribution in [3.63, 3.8) is 0 Å². The van der Waals surface area contributed by atoms with Crippen LogP contribution in [-0.4, -0.2) is 77.2 Å². The molecule has 9 heteroatoms. The van der Waals surface area contributed by atoms with Gasteiger partial charge >= 0.3 is 5.97 Å². The summed E-state index contributed by atoms with van der Waals surface area (Å²) in [6, 6.07) is 8.26. The predicted molar refractivity (Wildman–Crippen MR) is 132 cm³/mol. The van der Waals surface area contributed by atoms with Crippen molar-refractivity contribution >= 4 is 22.7 Å². The predicted octanol–water partition coefficient (Wildman–Crippen LogP) is 4.07. The molecule has 0 radical (unpaired) electrons. The number of fused-ring (bicyclic) bond motifs is 1. The van der Waals surface area contributed by atoms with Crippen LogP contribution in [0.2, 0.25) is 0 Å². The molecule has 0 bridgehead atoms. The van der Waals surface area contributed by atoms with E-state index < -0.39 is 5.97 Å². The van der Waals surface area contributed by atoms with Gasteiger partial charge in [0.25, 0.3) is 0 Å². The van der Waals surface area contributed by atoms with Gasteiger partial charge in [0.2, 0.25) is 0 Å². The minimum absolute atomic E-state index is 0.00439. The van der Waals surface area contributed by atoms with Crippen LogP contribution in [0.5, 0.6) is 0 Å². The summed E-state index contributed by atoms with van der Waals surface area (Å²) in [5.41, 5.74) is 3.04. The third-order valence-corrected chi connectivity index (χ3v) is 7.50. The van der Waals surface area contributed by atoms with Crippen LogP contribution in [0.4, 0.5) is 10.1 Å². The van der Waals surface area contributed by atoms with Gasteiger partial charge in [0, 0.05) is 38.7 Å². The van der Waals surface area contributed by atoms with Gasteiger partial charge in [-0.2, -0.15) is 5.10 Å². The summed E-state index contributed by atoms with van der Waals surface area (Å²) in [7, 11) is 3.85. The molecular formula is C26H32FN5O3. The number of aromatic nitrogens is 3. The Bertz CT molecular complexity index is 1200. The van der Waals surface area contributed by atoms with E-state index in [0.29, 0.717) is 29.9 Å². The van der Waals surface area contributed by atoms with E-state index in [1.807, 2.05) is 0 Å². The van der Waals surface area contributed by atoms with Gasteiger partial charge in [0.1, 0.15) is 5.82 Å². The number of methoxy groups -OCH3 is 1. The molecular weight excluding hydrogens is 449 g/mol. The number of carboxylic acid groups (broad SMARTS) is 1. The van der Waals surface area contributed by atoms with Crippen LogP contribution < -0.4 is 4.90 Å². The summed E-state index contributed by atoms with van der Waals surface area (Å²) in [4.78, 5) is 21.2. The lowest BCUT2D eigenvalue weighted by atomic mass is 9.82. The number of hydrogen-bond acceptors (Lipinski definition) is 6. The third-order valence-electron chi connectivity index (χ3n) is 7.50. The van der Waals surface area contributed by atoms with E-state index in [4.69, 9.17) is 9.84 Å². The summed E-state index contributed by atoms with van der Waals surface area (Å²) >= 11 is 0. The summed E-state index contributed by atoms with van der Waals surface area (Å²) in [6.07, 6.45) is 5.24. The zero-order valence-corrected chi connectivity index (χ0v) is 20.3. The summed E-state index contributed by atoms with van der Waals surface area (Å²) in [5, 5.41) is 15.7. The van der Waals surface area contributed by atoms with E-state index >= 15 is 0 Å². The molecule has 1 aliphatic heterocycles. The monoisotopic (exact) mass is 481 g/mol. The van der Waals surface area contributed by atoms with Gasteiger partial charge in [-0.1, -0.05) is 6.42 Å². The fourth-order valence-electron chi connectivity index (χ4n) is 5.18. The Morgan fingerprint density at radius 3 is 2.51 bits per heavy atom. The van der Waals surface area contributed by atoms with E-state index in [9.17, 15) is 14.3 Å². The van der Waals surface area contributed by atoms with Crippen molar-refractivity contribution in [1.29, 1.82) is 0 Å². The molecule has 1 saturated carbocycles. The maximum Gasteiger partial charge on any atom is 0.354 e. The third kappa shape index (κ3) is 4.62. The van der Waals surface area contributed by atoms with Crippen molar-refractivity contribution in [2.75, 3.05) is 45.3 Å². The van der Waals surface area contributed by atoms with Crippen LogP contribution in [0.1, 0.15) is 54.2 Å². The van der Waals surface area contributed by atoms with Crippen molar-refractivity contribution in [3.05, 3.63) is 47.5 Å². The Kier molecular flexibility index (Phi) is 6.71. The van der Waals surface area contributed by atoms with Gasteiger partial charge in [-0.05, 0) is 63.1 Å². The standard InChI is InChI=1S/C26H32FN5O3/c1-30(14-15-35-2)19-10-12-31(13-11-19)22-16-21(26(33)34)28-25-23(22)24(17-4-3-5-17)29-32(25)20-8-6-18(27)7-9-20/h6-9,16-17,19H,3-5,10-15H2,1-2H3,(H,33,34). The lowest BCUT2D eigenvalue weighted by molar-refractivity contribution is 0.0691. The Balaban J connectivity index is 1.57. The first-order chi connectivity index (χ1) is 17.0. The molecule has 0 spiro atoms. The zero-order valence-electron chi connectivity index (χ0n) is 20.3. The van der Waals surface area contributed by atoms with Crippen molar-refractivity contribution < 1.29 is 19.0 Å². The first-order valence-corrected chi connectivity index (χ1v) is 12.3. The van der Waals surface area contributed by atoms with Gasteiger partial charge < -0.3 is 19.6 Å². The highest BCUT2D eigenvalue weighted by atomic mass is 19.1. The normalized spacial score (nSPS) is 17.3. The molecule has 0 amide bonds. The lowest BCUT2D eigenvalue weighted by Gasteiger charge is -2.38. The molecule has 0 unspecified atom stereocenters. The number of carboxylic acids is 1. The number of likely N-dealkylation sites (N-methyl/N-ethyl adjacent to an activating group) is 1. The van der Waals surface area contributed by atoms with Crippen LogP contribution in [0.25, 0.3) is 16.7 Å². The van der Waals surface area contributed by atoms with E-state index in [2.05, 4.69) is 21.8 Å². The minimum atomic E-state index is -1.07. The number of anilines is 1. The number of rotatable bonds is 8. The van der Waals surface area contributed by atoms with Gasteiger partial charge in [-0.3, -0.25) is 0 Å². The molecule has 8 nitrogen and oxygen atoms in total. The molecule has 186 valence electrons. The number of benzene rings is 1. The Morgan fingerprint density at radius 2 is 1.91 bits per heavy atom. The number of aromatic carboxylic acids is 1. The average Bonchev–Trinajstić information content (AvgIpc) is 3.20. The Labute approximate surface area is 204 Å². The zero-order chi connectivity index (χ0) is 24.5. The first kappa shape index (κ1) is 23.7. The lowest BCUT2D eigenvalue weighted by Crippen LogP contribution is -2.44. The molecule has 3 heterocycles. The molecule has 1 saturated heterocycles.